The fraction of sp³-hybridized carbons (Fsp3) is 0. The van der Waals surface area contributed by atoms with E-state index in [-0.39, 0.29) is 0 Å². The molecule has 0 unspecified atom stereocenters. The molecule has 2 nitrogen and oxygen atoms in total. The molecule has 0 saturated heterocycles. The average molecular weight is 156 g/mol. The van der Waals surface area contributed by atoms with Crippen LogP contribution < -0.4 is 10.6 Å². The van der Waals surface area contributed by atoms with Gasteiger partial charge in [-0.25, -0.2) is 0 Å². The molecule has 1 aromatic rings. The van der Waals surface area contributed by atoms with Crippen LogP contribution in [0.1, 0.15) is 0 Å². The summed E-state index contributed by atoms with van der Waals surface area (Å²) in [6.07, 6.45) is 13.6. The number of rotatable bonds is 0. The predicted octanol–water partition coefficient (Wildman–Crippen LogP) is 0.164. The topological polar surface area (TPSA) is 25.8 Å². The largest absolute Gasteiger partial charge is 0.159 e. The number of hydrogen-bond acceptors (Lipinski definition) is 2. The molecule has 12 heavy (non-hydrogen) atoms. The molecule has 58 valence electrons. The van der Waals surface area contributed by atoms with Gasteiger partial charge in [-0.05, 0) is 12.1 Å². The van der Waals surface area contributed by atoms with Gasteiger partial charge in [0.15, 0.2) is 0 Å². The van der Waals surface area contributed by atoms with Gasteiger partial charge in [-0.1, -0.05) is 30.4 Å². The Morgan fingerprint density at radius 2 is 1.75 bits per heavy atom. The van der Waals surface area contributed by atoms with E-state index in [1.54, 1.807) is 6.20 Å². The van der Waals surface area contributed by atoms with Crippen molar-refractivity contribution < 1.29 is 0 Å². The number of fused-ring (bicyclic) bond motifs is 1. The van der Waals surface area contributed by atoms with Gasteiger partial charge in [0.25, 0.3) is 0 Å². The lowest BCUT2D eigenvalue weighted by Gasteiger charge is -1.87. The molecule has 0 aromatic carbocycles. The second-order valence-corrected chi connectivity index (χ2v) is 2.47. The molecule has 1 aromatic heterocycles. The highest BCUT2D eigenvalue weighted by Crippen LogP contribution is 1.81. The van der Waals surface area contributed by atoms with Crippen LogP contribution in [0.25, 0.3) is 12.2 Å². The van der Waals surface area contributed by atoms with E-state index in [1.165, 1.54) is 0 Å². The van der Waals surface area contributed by atoms with Gasteiger partial charge in [-0.15, -0.1) is 0 Å². The van der Waals surface area contributed by atoms with Crippen LogP contribution in [-0.4, -0.2) is 10.2 Å². The normalized spacial score (nSPS) is 24.7. The van der Waals surface area contributed by atoms with Gasteiger partial charge in [-0.2, -0.15) is 10.2 Å². The maximum Gasteiger partial charge on any atom is 0.0929 e. The maximum atomic E-state index is 4.00. The molecule has 0 spiro atoms. The van der Waals surface area contributed by atoms with E-state index in [2.05, 4.69) is 10.2 Å². The Labute approximate surface area is 70.3 Å². The Hall–Kier alpha value is -1.70. The molecule has 0 atom stereocenters. The van der Waals surface area contributed by atoms with E-state index in [0.717, 1.165) is 10.6 Å². The zero-order valence-electron chi connectivity index (χ0n) is 6.51. The summed E-state index contributed by atoms with van der Waals surface area (Å²) >= 11 is 0. The Balaban J connectivity index is 2.80. The minimum Gasteiger partial charge on any atom is -0.159 e. The first-order chi connectivity index (χ1) is 5.97. The first-order valence-corrected chi connectivity index (χ1v) is 3.80. The lowest BCUT2D eigenvalue weighted by molar-refractivity contribution is 0.982. The molecule has 2 heteroatoms. The molecule has 0 fully saturated rings. The van der Waals surface area contributed by atoms with E-state index in [4.69, 9.17) is 0 Å². The van der Waals surface area contributed by atoms with E-state index < -0.39 is 0 Å². The summed E-state index contributed by atoms with van der Waals surface area (Å²) in [5.41, 5.74) is 0. The summed E-state index contributed by atoms with van der Waals surface area (Å²) in [5.74, 6) is 0. The average Bonchev–Trinajstić information content (AvgIpc) is 2.06. The Bertz CT molecular complexity index is 398. The van der Waals surface area contributed by atoms with Crippen molar-refractivity contribution in [3.05, 3.63) is 47.1 Å². The van der Waals surface area contributed by atoms with Crippen molar-refractivity contribution in [1.82, 2.24) is 10.2 Å². The molecule has 0 amide bonds. The summed E-state index contributed by atoms with van der Waals surface area (Å²) < 4.78 is 0. The standard InChI is InChI=1S/C10H8N2/c1-2-4-6-10-9(5-3-1)7-8-11-12-10/h1-8H/b2-1?,3-1-,4-2-,5-3?,6-4?,9-5-,10-6+. The second kappa shape index (κ2) is 3.13. The molecule has 1 aliphatic rings. The molecular formula is C10H8N2. The van der Waals surface area contributed by atoms with E-state index in [9.17, 15) is 0 Å². The molecule has 0 N–H and O–H groups in total. The Kier molecular flexibility index (Phi) is 1.82. The van der Waals surface area contributed by atoms with Gasteiger partial charge in [0.1, 0.15) is 0 Å². The third-order valence-electron chi connectivity index (χ3n) is 1.65. The van der Waals surface area contributed by atoms with Gasteiger partial charge in [-0.3, -0.25) is 0 Å². The van der Waals surface area contributed by atoms with Crippen molar-refractivity contribution in [3.8, 4) is 0 Å². The fourth-order valence-electron chi connectivity index (χ4n) is 1.06. The van der Waals surface area contributed by atoms with Crippen LogP contribution in [0.4, 0.5) is 0 Å². The smallest absolute Gasteiger partial charge is 0.0929 e. The van der Waals surface area contributed by atoms with Gasteiger partial charge in [0, 0.05) is 5.22 Å². The highest BCUT2D eigenvalue weighted by atomic mass is 15.1. The molecule has 0 saturated carbocycles. The third-order valence-corrected chi connectivity index (χ3v) is 1.65. The van der Waals surface area contributed by atoms with E-state index in [0.29, 0.717) is 0 Å². The van der Waals surface area contributed by atoms with Crippen molar-refractivity contribution in [2.75, 3.05) is 0 Å². The molecular weight excluding hydrogens is 148 g/mol. The van der Waals surface area contributed by atoms with Crippen molar-refractivity contribution in [3.63, 3.8) is 0 Å². The predicted molar refractivity (Wildman–Crippen MR) is 48.5 cm³/mol. The first-order valence-electron chi connectivity index (χ1n) is 3.80. The molecule has 1 heterocycles. The number of allylic oxidation sites excluding steroid dienone is 4. The second-order valence-electron chi connectivity index (χ2n) is 2.47. The molecule has 0 bridgehead atoms. The number of aromatic nitrogens is 2. The van der Waals surface area contributed by atoms with Crippen LogP contribution in [0.5, 0.6) is 0 Å². The minimum atomic E-state index is 0.915. The summed E-state index contributed by atoms with van der Waals surface area (Å²) in [5, 5.41) is 9.83. The first kappa shape index (κ1) is 6.98. The SMILES string of the molecule is C1=C\C=c2\ccnn\c2=C\C=C/1. The van der Waals surface area contributed by atoms with Crippen LogP contribution in [0.15, 0.2) is 36.6 Å². The summed E-state index contributed by atoms with van der Waals surface area (Å²) in [4.78, 5) is 0. The summed E-state index contributed by atoms with van der Waals surface area (Å²) in [6, 6.07) is 1.95. The van der Waals surface area contributed by atoms with E-state index >= 15 is 0 Å². The quantitative estimate of drug-likeness (QED) is 0.535. The van der Waals surface area contributed by atoms with Crippen molar-refractivity contribution >= 4 is 12.2 Å². The van der Waals surface area contributed by atoms with Gasteiger partial charge in [0.2, 0.25) is 0 Å². The van der Waals surface area contributed by atoms with Crippen LogP contribution in [0, 0.1) is 0 Å². The molecule has 0 radical (unpaired) electrons. The number of nitrogens with zero attached hydrogens (tertiary/aromatic N) is 2. The monoisotopic (exact) mass is 156 g/mol. The Morgan fingerprint density at radius 1 is 0.917 bits per heavy atom. The summed E-state index contributed by atoms with van der Waals surface area (Å²) in [7, 11) is 0. The van der Waals surface area contributed by atoms with Gasteiger partial charge in [0.05, 0.1) is 11.5 Å². The lowest BCUT2D eigenvalue weighted by Crippen LogP contribution is -2.28. The van der Waals surface area contributed by atoms with E-state index in [1.807, 2.05) is 42.5 Å². The van der Waals surface area contributed by atoms with Crippen molar-refractivity contribution in [2.24, 2.45) is 0 Å². The summed E-state index contributed by atoms with van der Waals surface area (Å²) in [6.45, 7) is 0. The van der Waals surface area contributed by atoms with Crippen LogP contribution in [0.3, 0.4) is 0 Å². The lowest BCUT2D eigenvalue weighted by atomic mass is 10.2. The van der Waals surface area contributed by atoms with Crippen LogP contribution in [0.2, 0.25) is 0 Å². The molecule has 0 aliphatic heterocycles. The third kappa shape index (κ3) is 1.32. The number of hydrogen-bond donors (Lipinski definition) is 0. The highest BCUT2D eigenvalue weighted by Gasteiger charge is 1.84. The van der Waals surface area contributed by atoms with Gasteiger partial charge >= 0.3 is 0 Å². The van der Waals surface area contributed by atoms with Gasteiger partial charge < -0.3 is 0 Å². The molecule has 2 rings (SSSR count). The minimum absolute atomic E-state index is 0.915. The van der Waals surface area contributed by atoms with Crippen LogP contribution in [-0.2, 0) is 0 Å². The van der Waals surface area contributed by atoms with Crippen molar-refractivity contribution in [2.45, 2.75) is 0 Å². The van der Waals surface area contributed by atoms with Crippen LogP contribution >= 0.6 is 0 Å². The molecule has 1 aliphatic carbocycles. The van der Waals surface area contributed by atoms with Crippen molar-refractivity contribution in [1.29, 1.82) is 0 Å². The Morgan fingerprint density at radius 3 is 2.67 bits per heavy atom. The zero-order valence-corrected chi connectivity index (χ0v) is 6.51. The zero-order chi connectivity index (χ0) is 8.23. The fourth-order valence-corrected chi connectivity index (χ4v) is 1.06. The maximum absolute atomic E-state index is 4.00. The highest BCUT2D eigenvalue weighted by molar-refractivity contribution is 5.45.